The fourth-order valence-corrected chi connectivity index (χ4v) is 2.20. The summed E-state index contributed by atoms with van der Waals surface area (Å²) in [7, 11) is 2.19. The van der Waals surface area contributed by atoms with Crippen molar-refractivity contribution in [1.82, 2.24) is 10.2 Å². The SMILES string of the molecule is CN1CCCCC1CNCCCCC(=O)O. The lowest BCUT2D eigenvalue weighted by Gasteiger charge is -2.32. The van der Waals surface area contributed by atoms with Crippen LogP contribution in [0.5, 0.6) is 0 Å². The number of likely N-dealkylation sites (N-methyl/N-ethyl adjacent to an activating group) is 1. The number of carbonyl (C=O) groups is 1. The summed E-state index contributed by atoms with van der Waals surface area (Å²) in [6.45, 7) is 3.20. The molecule has 1 atom stereocenters. The van der Waals surface area contributed by atoms with Crippen LogP contribution in [0.4, 0.5) is 0 Å². The molecule has 1 aliphatic rings. The number of aliphatic carboxylic acids is 1. The van der Waals surface area contributed by atoms with E-state index in [0.717, 1.165) is 25.9 Å². The van der Waals surface area contributed by atoms with Gasteiger partial charge in [-0.15, -0.1) is 0 Å². The minimum absolute atomic E-state index is 0.297. The van der Waals surface area contributed by atoms with Gasteiger partial charge >= 0.3 is 5.97 Å². The van der Waals surface area contributed by atoms with E-state index >= 15 is 0 Å². The summed E-state index contributed by atoms with van der Waals surface area (Å²) >= 11 is 0. The van der Waals surface area contributed by atoms with Gasteiger partial charge in [0.05, 0.1) is 0 Å². The van der Waals surface area contributed by atoms with Gasteiger partial charge in [0, 0.05) is 19.0 Å². The Bertz CT molecular complexity index is 209. The van der Waals surface area contributed by atoms with Crippen LogP contribution in [0.1, 0.15) is 38.5 Å². The number of carboxylic acids is 1. The molecule has 1 heterocycles. The molecule has 0 saturated carbocycles. The second-order valence-electron chi connectivity index (χ2n) is 4.69. The Kier molecular flexibility index (Phi) is 6.42. The van der Waals surface area contributed by atoms with Crippen LogP contribution >= 0.6 is 0 Å². The van der Waals surface area contributed by atoms with Gasteiger partial charge in [0.1, 0.15) is 0 Å². The van der Waals surface area contributed by atoms with E-state index in [1.807, 2.05) is 0 Å². The molecule has 0 amide bonds. The molecule has 0 aromatic rings. The molecule has 0 bridgehead atoms. The van der Waals surface area contributed by atoms with Gasteiger partial charge in [-0.2, -0.15) is 0 Å². The van der Waals surface area contributed by atoms with Crippen molar-refractivity contribution in [2.75, 3.05) is 26.7 Å². The molecule has 1 unspecified atom stereocenters. The van der Waals surface area contributed by atoms with E-state index < -0.39 is 5.97 Å². The van der Waals surface area contributed by atoms with Crippen LogP contribution in [-0.2, 0) is 4.79 Å². The van der Waals surface area contributed by atoms with Gasteiger partial charge in [-0.3, -0.25) is 4.79 Å². The normalized spacial score (nSPS) is 22.2. The molecule has 16 heavy (non-hydrogen) atoms. The Labute approximate surface area is 98.0 Å². The fourth-order valence-electron chi connectivity index (χ4n) is 2.20. The average Bonchev–Trinajstić information content (AvgIpc) is 2.25. The molecule has 1 saturated heterocycles. The Hall–Kier alpha value is -0.610. The standard InChI is InChI=1S/C12H24N2O2/c1-14-9-5-3-6-11(14)10-13-8-4-2-7-12(15)16/h11,13H,2-10H2,1H3,(H,15,16). The van der Waals surface area contributed by atoms with Gasteiger partial charge in [-0.05, 0) is 45.8 Å². The molecule has 1 rings (SSSR count). The minimum atomic E-state index is -0.688. The Morgan fingerprint density at radius 2 is 2.25 bits per heavy atom. The first-order valence-electron chi connectivity index (χ1n) is 6.33. The number of likely N-dealkylation sites (tertiary alicyclic amines) is 1. The number of nitrogens with one attached hydrogen (secondary N) is 1. The molecule has 94 valence electrons. The molecule has 1 aliphatic heterocycles. The van der Waals surface area contributed by atoms with Crippen molar-refractivity contribution in [3.05, 3.63) is 0 Å². The first-order valence-corrected chi connectivity index (χ1v) is 6.33. The van der Waals surface area contributed by atoms with Gasteiger partial charge in [0.25, 0.3) is 0 Å². The van der Waals surface area contributed by atoms with E-state index in [-0.39, 0.29) is 0 Å². The number of piperidine rings is 1. The molecule has 4 heteroatoms. The van der Waals surface area contributed by atoms with E-state index in [9.17, 15) is 4.79 Å². The maximum Gasteiger partial charge on any atom is 0.303 e. The van der Waals surface area contributed by atoms with Crippen molar-refractivity contribution in [3.63, 3.8) is 0 Å². The first kappa shape index (κ1) is 13.5. The summed E-state index contributed by atoms with van der Waals surface area (Å²) in [5.41, 5.74) is 0. The lowest BCUT2D eigenvalue weighted by Crippen LogP contribution is -2.43. The van der Waals surface area contributed by atoms with Crippen LogP contribution in [0.3, 0.4) is 0 Å². The zero-order chi connectivity index (χ0) is 11.8. The molecule has 0 radical (unpaired) electrons. The number of rotatable bonds is 7. The molecular weight excluding hydrogens is 204 g/mol. The van der Waals surface area contributed by atoms with Crippen molar-refractivity contribution < 1.29 is 9.90 Å². The molecule has 4 nitrogen and oxygen atoms in total. The second-order valence-corrected chi connectivity index (χ2v) is 4.69. The lowest BCUT2D eigenvalue weighted by atomic mass is 10.0. The number of hydrogen-bond acceptors (Lipinski definition) is 3. The van der Waals surface area contributed by atoms with Crippen LogP contribution in [0.15, 0.2) is 0 Å². The number of hydrogen-bond donors (Lipinski definition) is 2. The summed E-state index contributed by atoms with van der Waals surface area (Å²) in [5.74, 6) is -0.688. The van der Waals surface area contributed by atoms with E-state index in [1.54, 1.807) is 0 Å². The molecule has 2 N–H and O–H groups in total. The van der Waals surface area contributed by atoms with E-state index in [2.05, 4.69) is 17.3 Å². The van der Waals surface area contributed by atoms with Gasteiger partial charge in [-0.25, -0.2) is 0 Å². The predicted octanol–water partition coefficient (Wildman–Crippen LogP) is 1.32. The molecule has 0 aliphatic carbocycles. The van der Waals surface area contributed by atoms with Gasteiger partial charge in [0.2, 0.25) is 0 Å². The van der Waals surface area contributed by atoms with Gasteiger partial charge in [-0.1, -0.05) is 6.42 Å². The molecule has 0 spiro atoms. The van der Waals surface area contributed by atoms with Crippen LogP contribution < -0.4 is 5.32 Å². The Morgan fingerprint density at radius 1 is 1.44 bits per heavy atom. The zero-order valence-corrected chi connectivity index (χ0v) is 10.2. The number of unbranched alkanes of at least 4 members (excludes halogenated alkanes) is 1. The largest absolute Gasteiger partial charge is 0.481 e. The Balaban J connectivity index is 1.95. The number of carboxylic acid groups (broad SMARTS) is 1. The highest BCUT2D eigenvalue weighted by molar-refractivity contribution is 5.66. The summed E-state index contributed by atoms with van der Waals surface area (Å²) in [4.78, 5) is 12.7. The van der Waals surface area contributed by atoms with Crippen molar-refractivity contribution in [1.29, 1.82) is 0 Å². The first-order chi connectivity index (χ1) is 7.70. The third kappa shape index (κ3) is 5.47. The highest BCUT2D eigenvalue weighted by Crippen LogP contribution is 2.13. The van der Waals surface area contributed by atoms with E-state index in [1.165, 1.54) is 25.8 Å². The van der Waals surface area contributed by atoms with Crippen LogP contribution in [-0.4, -0.2) is 48.7 Å². The molecular formula is C12H24N2O2. The molecule has 0 aromatic heterocycles. The van der Waals surface area contributed by atoms with Crippen LogP contribution in [0.2, 0.25) is 0 Å². The highest BCUT2D eigenvalue weighted by atomic mass is 16.4. The number of nitrogens with zero attached hydrogens (tertiary/aromatic N) is 1. The van der Waals surface area contributed by atoms with E-state index in [0.29, 0.717) is 12.5 Å². The van der Waals surface area contributed by atoms with Crippen molar-refractivity contribution in [3.8, 4) is 0 Å². The highest BCUT2D eigenvalue weighted by Gasteiger charge is 2.17. The maximum absolute atomic E-state index is 10.3. The third-order valence-corrected chi connectivity index (χ3v) is 3.30. The van der Waals surface area contributed by atoms with Crippen LogP contribution in [0, 0.1) is 0 Å². The topological polar surface area (TPSA) is 52.6 Å². The zero-order valence-electron chi connectivity index (χ0n) is 10.2. The van der Waals surface area contributed by atoms with Gasteiger partial charge in [0.15, 0.2) is 0 Å². The lowest BCUT2D eigenvalue weighted by molar-refractivity contribution is -0.137. The average molecular weight is 228 g/mol. The van der Waals surface area contributed by atoms with Crippen LogP contribution in [0.25, 0.3) is 0 Å². The Morgan fingerprint density at radius 3 is 2.94 bits per heavy atom. The third-order valence-electron chi connectivity index (χ3n) is 3.30. The van der Waals surface area contributed by atoms with Crippen molar-refractivity contribution in [2.45, 2.75) is 44.6 Å². The smallest absolute Gasteiger partial charge is 0.303 e. The van der Waals surface area contributed by atoms with Crippen molar-refractivity contribution >= 4 is 5.97 Å². The monoisotopic (exact) mass is 228 g/mol. The van der Waals surface area contributed by atoms with Crippen molar-refractivity contribution in [2.24, 2.45) is 0 Å². The minimum Gasteiger partial charge on any atom is -0.481 e. The fraction of sp³-hybridized carbons (Fsp3) is 0.917. The molecule has 0 aromatic carbocycles. The van der Waals surface area contributed by atoms with Gasteiger partial charge < -0.3 is 15.3 Å². The quantitative estimate of drug-likeness (QED) is 0.645. The summed E-state index contributed by atoms with van der Waals surface area (Å²) < 4.78 is 0. The predicted molar refractivity (Wildman–Crippen MR) is 64.6 cm³/mol. The summed E-state index contributed by atoms with van der Waals surface area (Å²) in [6.07, 6.45) is 6.00. The molecule has 1 fully saturated rings. The van der Waals surface area contributed by atoms with E-state index in [4.69, 9.17) is 5.11 Å². The summed E-state index contributed by atoms with van der Waals surface area (Å²) in [6, 6.07) is 0.674. The maximum atomic E-state index is 10.3. The summed E-state index contributed by atoms with van der Waals surface area (Å²) in [5, 5.41) is 11.9. The second kappa shape index (κ2) is 7.63.